The summed E-state index contributed by atoms with van der Waals surface area (Å²) in [6, 6.07) is 14.0. The Labute approximate surface area is 191 Å². The summed E-state index contributed by atoms with van der Waals surface area (Å²) in [5.74, 6) is -1.71. The van der Waals surface area contributed by atoms with Gasteiger partial charge in [0.15, 0.2) is 0 Å². The molecule has 1 heterocycles. The van der Waals surface area contributed by atoms with E-state index in [0.717, 1.165) is 43.3 Å². The quantitative estimate of drug-likeness (QED) is 0.521. The van der Waals surface area contributed by atoms with Crippen LogP contribution in [0.15, 0.2) is 54.6 Å². The van der Waals surface area contributed by atoms with Gasteiger partial charge in [0, 0.05) is 35.3 Å². The van der Waals surface area contributed by atoms with Gasteiger partial charge < -0.3 is 10.2 Å². The molecule has 0 bridgehead atoms. The van der Waals surface area contributed by atoms with Crippen molar-refractivity contribution in [1.29, 1.82) is 0 Å². The lowest BCUT2D eigenvalue weighted by atomic mass is 9.78. The third-order valence-corrected chi connectivity index (χ3v) is 7.08. The SMILES string of the molecule is O=C(Nc1ccc(C(=O)N2CCCC3CCCCC32)c2ccccc12)c1ccc(F)cc1F. The fraction of sp³-hybridized carbons (Fsp3) is 0.333. The number of carbonyl (C=O) groups is 2. The van der Waals surface area contributed by atoms with E-state index in [1.165, 1.54) is 19.3 Å². The third kappa shape index (κ3) is 4.10. The molecular formula is C27H26F2N2O2. The number of benzene rings is 3. The van der Waals surface area contributed by atoms with Crippen molar-refractivity contribution in [2.45, 2.75) is 44.6 Å². The molecule has 3 aromatic rings. The number of rotatable bonds is 3. The maximum atomic E-state index is 14.1. The molecule has 2 unspecified atom stereocenters. The van der Waals surface area contributed by atoms with E-state index in [4.69, 9.17) is 0 Å². The van der Waals surface area contributed by atoms with Gasteiger partial charge in [-0.05, 0) is 61.3 Å². The number of amides is 2. The summed E-state index contributed by atoms with van der Waals surface area (Å²) in [5, 5.41) is 4.18. The van der Waals surface area contributed by atoms with Crippen LogP contribution in [-0.4, -0.2) is 29.3 Å². The van der Waals surface area contributed by atoms with Crippen LogP contribution in [0.1, 0.15) is 59.2 Å². The van der Waals surface area contributed by atoms with Gasteiger partial charge >= 0.3 is 0 Å². The lowest BCUT2D eigenvalue weighted by molar-refractivity contribution is 0.0392. The zero-order valence-corrected chi connectivity index (χ0v) is 18.3. The fourth-order valence-corrected chi connectivity index (χ4v) is 5.49. The highest BCUT2D eigenvalue weighted by Crippen LogP contribution is 2.37. The van der Waals surface area contributed by atoms with E-state index in [-0.39, 0.29) is 11.5 Å². The number of likely N-dealkylation sites (tertiary alicyclic amines) is 1. The Kier molecular flexibility index (Phi) is 5.83. The smallest absolute Gasteiger partial charge is 0.258 e. The molecule has 0 radical (unpaired) electrons. The number of nitrogens with one attached hydrogen (secondary N) is 1. The summed E-state index contributed by atoms with van der Waals surface area (Å²) >= 11 is 0. The van der Waals surface area contributed by atoms with E-state index in [1.54, 1.807) is 12.1 Å². The topological polar surface area (TPSA) is 49.4 Å². The number of nitrogens with zero attached hydrogens (tertiary/aromatic N) is 1. The summed E-state index contributed by atoms with van der Waals surface area (Å²) in [5.41, 5.74) is 0.852. The molecule has 1 N–H and O–H groups in total. The van der Waals surface area contributed by atoms with E-state index >= 15 is 0 Å². The second-order valence-corrected chi connectivity index (χ2v) is 9.04. The third-order valence-electron chi connectivity index (χ3n) is 7.08. The molecule has 170 valence electrons. The van der Waals surface area contributed by atoms with Crippen LogP contribution < -0.4 is 5.32 Å². The molecule has 6 heteroatoms. The van der Waals surface area contributed by atoms with Crippen molar-refractivity contribution in [3.05, 3.63) is 77.4 Å². The average molecular weight is 449 g/mol. The number of piperidine rings is 1. The second kappa shape index (κ2) is 8.93. The zero-order valence-electron chi connectivity index (χ0n) is 18.3. The minimum absolute atomic E-state index is 0.0326. The maximum Gasteiger partial charge on any atom is 0.258 e. The van der Waals surface area contributed by atoms with Crippen molar-refractivity contribution in [3.63, 3.8) is 0 Å². The fourth-order valence-electron chi connectivity index (χ4n) is 5.49. The summed E-state index contributed by atoms with van der Waals surface area (Å²) in [4.78, 5) is 28.4. The second-order valence-electron chi connectivity index (χ2n) is 9.04. The van der Waals surface area contributed by atoms with Crippen LogP contribution in [0.3, 0.4) is 0 Å². The first-order valence-electron chi connectivity index (χ1n) is 11.6. The molecule has 33 heavy (non-hydrogen) atoms. The summed E-state index contributed by atoms with van der Waals surface area (Å²) in [7, 11) is 0. The zero-order chi connectivity index (χ0) is 22.9. The molecule has 0 spiro atoms. The Hall–Kier alpha value is -3.28. The lowest BCUT2D eigenvalue weighted by Crippen LogP contribution is -2.49. The highest BCUT2D eigenvalue weighted by Gasteiger charge is 2.36. The first-order valence-corrected chi connectivity index (χ1v) is 11.6. The van der Waals surface area contributed by atoms with Crippen LogP contribution in [0.25, 0.3) is 10.8 Å². The standard InChI is InChI=1S/C27H26F2N2O2/c28-18-11-12-22(23(29)16-18)26(32)30-24-14-13-21(19-8-2-3-9-20(19)24)27(33)31-15-5-7-17-6-1-4-10-25(17)31/h2-3,8-9,11-14,16-17,25H,1,4-7,10,15H2,(H,30,32). The van der Waals surface area contributed by atoms with Crippen molar-refractivity contribution in [2.75, 3.05) is 11.9 Å². The molecule has 2 atom stereocenters. The number of anilines is 1. The monoisotopic (exact) mass is 448 g/mol. The Balaban J connectivity index is 1.47. The van der Waals surface area contributed by atoms with Crippen LogP contribution >= 0.6 is 0 Å². The highest BCUT2D eigenvalue weighted by molar-refractivity contribution is 6.14. The van der Waals surface area contributed by atoms with Gasteiger partial charge in [-0.15, -0.1) is 0 Å². The van der Waals surface area contributed by atoms with Crippen LogP contribution in [-0.2, 0) is 0 Å². The van der Waals surface area contributed by atoms with Gasteiger partial charge in [0.2, 0.25) is 0 Å². The van der Waals surface area contributed by atoms with Gasteiger partial charge in [0.05, 0.1) is 5.56 Å². The molecule has 2 aliphatic rings. The lowest BCUT2D eigenvalue weighted by Gasteiger charge is -2.44. The number of carbonyl (C=O) groups excluding carboxylic acids is 2. The van der Waals surface area contributed by atoms with Gasteiger partial charge in [-0.1, -0.05) is 37.1 Å². The summed E-state index contributed by atoms with van der Waals surface area (Å²) < 4.78 is 27.3. The normalized spacial score (nSPS) is 20.4. The number of hydrogen-bond acceptors (Lipinski definition) is 2. The number of fused-ring (bicyclic) bond motifs is 2. The predicted octanol–water partition coefficient (Wildman–Crippen LogP) is 6.17. The molecule has 2 fully saturated rings. The molecule has 3 aromatic carbocycles. The molecule has 2 amide bonds. The van der Waals surface area contributed by atoms with Gasteiger partial charge in [-0.3, -0.25) is 9.59 Å². The first-order chi connectivity index (χ1) is 16.0. The Morgan fingerprint density at radius 1 is 0.848 bits per heavy atom. The van der Waals surface area contributed by atoms with E-state index < -0.39 is 17.5 Å². The Bertz CT molecular complexity index is 1220. The van der Waals surface area contributed by atoms with Crippen LogP contribution in [0.2, 0.25) is 0 Å². The molecule has 4 nitrogen and oxygen atoms in total. The number of hydrogen-bond donors (Lipinski definition) is 1. The maximum absolute atomic E-state index is 14.1. The summed E-state index contributed by atoms with van der Waals surface area (Å²) in [6.07, 6.45) is 6.89. The largest absolute Gasteiger partial charge is 0.335 e. The first kappa shape index (κ1) is 21.6. The highest BCUT2D eigenvalue weighted by atomic mass is 19.1. The van der Waals surface area contributed by atoms with Gasteiger partial charge in [-0.2, -0.15) is 0 Å². The van der Waals surface area contributed by atoms with Crippen molar-refractivity contribution < 1.29 is 18.4 Å². The van der Waals surface area contributed by atoms with E-state index in [2.05, 4.69) is 10.2 Å². The minimum atomic E-state index is -0.921. The van der Waals surface area contributed by atoms with Crippen molar-refractivity contribution in [1.82, 2.24) is 4.90 Å². The minimum Gasteiger partial charge on any atom is -0.335 e. The van der Waals surface area contributed by atoms with Gasteiger partial charge in [0.1, 0.15) is 11.6 Å². The van der Waals surface area contributed by atoms with Gasteiger partial charge in [-0.25, -0.2) is 8.78 Å². The van der Waals surface area contributed by atoms with Gasteiger partial charge in [0.25, 0.3) is 11.8 Å². The molecule has 1 saturated carbocycles. The van der Waals surface area contributed by atoms with Crippen molar-refractivity contribution in [3.8, 4) is 0 Å². The van der Waals surface area contributed by atoms with Crippen molar-refractivity contribution >= 4 is 28.3 Å². The van der Waals surface area contributed by atoms with Crippen LogP contribution in [0, 0.1) is 17.6 Å². The van der Waals surface area contributed by atoms with E-state index in [9.17, 15) is 18.4 Å². The predicted molar refractivity (Wildman–Crippen MR) is 124 cm³/mol. The Morgan fingerprint density at radius 2 is 1.58 bits per heavy atom. The number of halogens is 2. The molecular weight excluding hydrogens is 422 g/mol. The molecule has 5 rings (SSSR count). The molecule has 1 aliphatic carbocycles. The van der Waals surface area contributed by atoms with E-state index in [0.29, 0.717) is 34.7 Å². The van der Waals surface area contributed by atoms with Crippen molar-refractivity contribution in [2.24, 2.45) is 5.92 Å². The van der Waals surface area contributed by atoms with Crippen LogP contribution in [0.4, 0.5) is 14.5 Å². The van der Waals surface area contributed by atoms with Crippen LogP contribution in [0.5, 0.6) is 0 Å². The summed E-state index contributed by atoms with van der Waals surface area (Å²) in [6.45, 7) is 0.774. The van der Waals surface area contributed by atoms with E-state index in [1.807, 2.05) is 24.3 Å². The molecule has 1 aliphatic heterocycles. The average Bonchev–Trinajstić information content (AvgIpc) is 2.83. The molecule has 0 aromatic heterocycles. The molecule has 1 saturated heterocycles. The Morgan fingerprint density at radius 3 is 2.39 bits per heavy atom.